The number of aromatic hydroxyl groups is 1. The number of likely N-dealkylation sites (N-methyl/N-ethyl adjacent to an activating group) is 1. The van der Waals surface area contributed by atoms with Crippen LogP contribution < -0.4 is 10.6 Å². The van der Waals surface area contributed by atoms with Crippen LogP contribution >= 0.6 is 0 Å². The Labute approximate surface area is 124 Å². The van der Waals surface area contributed by atoms with Crippen LogP contribution in [0, 0.1) is 0 Å². The molecule has 0 aromatic heterocycles. The third-order valence-electron chi connectivity index (χ3n) is 3.17. The third kappa shape index (κ3) is 4.53. The van der Waals surface area contributed by atoms with E-state index in [1.54, 1.807) is 12.1 Å². The van der Waals surface area contributed by atoms with Gasteiger partial charge in [-0.25, -0.2) is 0 Å². The van der Waals surface area contributed by atoms with Crippen molar-refractivity contribution in [1.29, 1.82) is 0 Å². The van der Waals surface area contributed by atoms with Crippen LogP contribution in [0.15, 0.2) is 48.5 Å². The number of rotatable bonds is 6. The van der Waals surface area contributed by atoms with Gasteiger partial charge in [0.15, 0.2) is 0 Å². The van der Waals surface area contributed by atoms with Gasteiger partial charge in [-0.3, -0.25) is 4.79 Å². The molecule has 0 aliphatic rings. The second-order valence-corrected chi connectivity index (χ2v) is 4.81. The summed E-state index contributed by atoms with van der Waals surface area (Å²) in [5.74, 6) is 0.324. The topological polar surface area (TPSA) is 61.4 Å². The lowest BCUT2D eigenvalue weighted by molar-refractivity contribution is -0.120. The van der Waals surface area contributed by atoms with Gasteiger partial charge in [0.05, 0.1) is 6.42 Å². The highest BCUT2D eigenvalue weighted by Gasteiger charge is 2.03. The fourth-order valence-corrected chi connectivity index (χ4v) is 2.04. The number of hydrogen-bond donors (Lipinski definition) is 3. The maximum atomic E-state index is 11.5. The first-order valence-electron chi connectivity index (χ1n) is 7.05. The standard InChI is InChI=1S/C17H20N2O2/c1-2-18-17(21)11-13-7-9-15(10-8-13)19-12-14-5-3-4-6-16(14)20/h3-10,19-20H,2,11-12H2,1H3,(H,18,21). The van der Waals surface area contributed by atoms with Crippen LogP contribution in [-0.4, -0.2) is 17.6 Å². The number of para-hydroxylation sites is 1. The first-order chi connectivity index (χ1) is 10.2. The fraction of sp³-hybridized carbons (Fsp3) is 0.235. The molecule has 0 aliphatic heterocycles. The van der Waals surface area contributed by atoms with Crippen molar-refractivity contribution < 1.29 is 9.90 Å². The van der Waals surface area contributed by atoms with Crippen molar-refractivity contribution in [1.82, 2.24) is 5.32 Å². The summed E-state index contributed by atoms with van der Waals surface area (Å²) in [4.78, 5) is 11.5. The molecule has 0 aliphatic carbocycles. The maximum absolute atomic E-state index is 11.5. The molecule has 0 spiro atoms. The Balaban J connectivity index is 1.91. The van der Waals surface area contributed by atoms with Gasteiger partial charge in [0, 0.05) is 24.3 Å². The summed E-state index contributed by atoms with van der Waals surface area (Å²) < 4.78 is 0. The fourth-order valence-electron chi connectivity index (χ4n) is 2.04. The summed E-state index contributed by atoms with van der Waals surface area (Å²) in [5.41, 5.74) is 2.79. The number of phenols is 1. The van der Waals surface area contributed by atoms with Gasteiger partial charge in [-0.1, -0.05) is 30.3 Å². The van der Waals surface area contributed by atoms with Crippen LogP contribution in [0.2, 0.25) is 0 Å². The van der Waals surface area contributed by atoms with E-state index in [4.69, 9.17) is 0 Å². The van der Waals surface area contributed by atoms with Crippen molar-refractivity contribution in [2.75, 3.05) is 11.9 Å². The summed E-state index contributed by atoms with van der Waals surface area (Å²) in [7, 11) is 0. The van der Waals surface area contributed by atoms with Gasteiger partial charge < -0.3 is 15.7 Å². The molecule has 4 heteroatoms. The van der Waals surface area contributed by atoms with Gasteiger partial charge in [-0.2, -0.15) is 0 Å². The summed E-state index contributed by atoms with van der Waals surface area (Å²) in [5, 5.41) is 15.7. The molecule has 0 radical (unpaired) electrons. The second kappa shape index (κ2) is 7.33. The zero-order chi connectivity index (χ0) is 15.1. The maximum Gasteiger partial charge on any atom is 0.224 e. The SMILES string of the molecule is CCNC(=O)Cc1ccc(NCc2ccccc2O)cc1. The van der Waals surface area contributed by atoms with E-state index in [9.17, 15) is 9.90 Å². The Morgan fingerprint density at radius 1 is 1.10 bits per heavy atom. The van der Waals surface area contributed by atoms with Crippen molar-refractivity contribution in [3.63, 3.8) is 0 Å². The minimum absolute atomic E-state index is 0.0346. The molecule has 0 bridgehead atoms. The second-order valence-electron chi connectivity index (χ2n) is 4.81. The van der Waals surface area contributed by atoms with Gasteiger partial charge in [-0.05, 0) is 30.7 Å². The van der Waals surface area contributed by atoms with E-state index >= 15 is 0 Å². The van der Waals surface area contributed by atoms with Crippen LogP contribution in [-0.2, 0) is 17.8 Å². The molecule has 1 amide bonds. The Kier molecular flexibility index (Phi) is 5.21. The Morgan fingerprint density at radius 3 is 2.48 bits per heavy atom. The zero-order valence-electron chi connectivity index (χ0n) is 12.1. The average molecular weight is 284 g/mol. The molecule has 2 rings (SSSR count). The average Bonchev–Trinajstić information content (AvgIpc) is 2.48. The lowest BCUT2D eigenvalue weighted by atomic mass is 10.1. The lowest BCUT2D eigenvalue weighted by Crippen LogP contribution is -2.24. The van der Waals surface area contributed by atoms with Crippen LogP contribution in [0.4, 0.5) is 5.69 Å². The predicted octanol–water partition coefficient (Wildman–Crippen LogP) is 2.68. The number of phenolic OH excluding ortho intramolecular Hbond substituents is 1. The largest absolute Gasteiger partial charge is 0.508 e. The van der Waals surface area contributed by atoms with E-state index in [1.807, 2.05) is 43.3 Å². The Bertz CT molecular complexity index is 594. The first-order valence-corrected chi connectivity index (χ1v) is 7.05. The molecule has 0 atom stereocenters. The van der Waals surface area contributed by atoms with Gasteiger partial charge in [-0.15, -0.1) is 0 Å². The minimum atomic E-state index is 0.0346. The zero-order valence-corrected chi connectivity index (χ0v) is 12.1. The van der Waals surface area contributed by atoms with Gasteiger partial charge in [0.25, 0.3) is 0 Å². The number of anilines is 1. The van der Waals surface area contributed by atoms with Crippen molar-refractivity contribution in [3.05, 3.63) is 59.7 Å². The molecular weight excluding hydrogens is 264 g/mol. The van der Waals surface area contributed by atoms with Gasteiger partial charge >= 0.3 is 0 Å². The molecule has 110 valence electrons. The summed E-state index contributed by atoms with van der Waals surface area (Å²) in [6, 6.07) is 15.0. The molecule has 3 N–H and O–H groups in total. The van der Waals surface area contributed by atoms with Crippen molar-refractivity contribution in [3.8, 4) is 5.75 Å². The van der Waals surface area contributed by atoms with Crippen LogP contribution in [0.25, 0.3) is 0 Å². The predicted molar refractivity (Wildman–Crippen MR) is 84.3 cm³/mol. The molecule has 2 aromatic rings. The normalized spacial score (nSPS) is 10.1. The van der Waals surface area contributed by atoms with Gasteiger partial charge in [0.1, 0.15) is 5.75 Å². The monoisotopic (exact) mass is 284 g/mol. The molecule has 0 saturated heterocycles. The quantitative estimate of drug-likeness (QED) is 0.764. The van der Waals surface area contributed by atoms with E-state index < -0.39 is 0 Å². The number of carbonyl (C=O) groups is 1. The minimum Gasteiger partial charge on any atom is -0.508 e. The first kappa shape index (κ1) is 14.9. The summed E-state index contributed by atoms with van der Waals surface area (Å²) in [6.45, 7) is 3.12. The third-order valence-corrected chi connectivity index (χ3v) is 3.17. The number of amides is 1. The van der Waals surface area contributed by atoms with Crippen molar-refractivity contribution in [2.45, 2.75) is 19.9 Å². The molecule has 4 nitrogen and oxygen atoms in total. The summed E-state index contributed by atoms with van der Waals surface area (Å²) >= 11 is 0. The molecule has 0 saturated carbocycles. The van der Waals surface area contributed by atoms with Crippen molar-refractivity contribution >= 4 is 11.6 Å². The van der Waals surface area contributed by atoms with E-state index in [-0.39, 0.29) is 11.7 Å². The van der Waals surface area contributed by atoms with Crippen LogP contribution in [0.3, 0.4) is 0 Å². The Hall–Kier alpha value is -2.49. The lowest BCUT2D eigenvalue weighted by Gasteiger charge is -2.09. The number of hydrogen-bond acceptors (Lipinski definition) is 3. The molecular formula is C17H20N2O2. The molecule has 0 heterocycles. The molecule has 2 aromatic carbocycles. The van der Waals surface area contributed by atoms with E-state index in [0.29, 0.717) is 19.5 Å². The van der Waals surface area contributed by atoms with Crippen molar-refractivity contribution in [2.24, 2.45) is 0 Å². The van der Waals surface area contributed by atoms with Gasteiger partial charge in [0.2, 0.25) is 5.91 Å². The molecule has 21 heavy (non-hydrogen) atoms. The van der Waals surface area contributed by atoms with E-state index in [2.05, 4.69) is 10.6 Å². The number of nitrogens with one attached hydrogen (secondary N) is 2. The van der Waals surface area contributed by atoms with Crippen LogP contribution in [0.1, 0.15) is 18.1 Å². The van der Waals surface area contributed by atoms with Crippen LogP contribution in [0.5, 0.6) is 5.75 Å². The highest BCUT2D eigenvalue weighted by Crippen LogP contribution is 2.18. The highest BCUT2D eigenvalue weighted by atomic mass is 16.3. The number of carbonyl (C=O) groups excluding carboxylic acids is 1. The number of benzene rings is 2. The summed E-state index contributed by atoms with van der Waals surface area (Å²) in [6.07, 6.45) is 0.396. The van der Waals surface area contributed by atoms with E-state index in [0.717, 1.165) is 16.8 Å². The highest BCUT2D eigenvalue weighted by molar-refractivity contribution is 5.78. The van der Waals surface area contributed by atoms with E-state index in [1.165, 1.54) is 0 Å². The smallest absolute Gasteiger partial charge is 0.224 e. The Morgan fingerprint density at radius 2 is 1.81 bits per heavy atom. The molecule has 0 unspecified atom stereocenters. The molecule has 0 fully saturated rings.